The van der Waals surface area contributed by atoms with Gasteiger partial charge >= 0.3 is 0 Å². The molecule has 0 radical (unpaired) electrons. The summed E-state index contributed by atoms with van der Waals surface area (Å²) in [7, 11) is 2.17. The lowest BCUT2D eigenvalue weighted by atomic mass is 9.98. The van der Waals surface area contributed by atoms with E-state index in [0.29, 0.717) is 18.5 Å². The van der Waals surface area contributed by atoms with Gasteiger partial charge in [-0.15, -0.1) is 0 Å². The molecule has 0 fully saturated rings. The van der Waals surface area contributed by atoms with Crippen LogP contribution in [0.15, 0.2) is 28.7 Å². The highest BCUT2D eigenvalue weighted by atomic mass is 16.3. The van der Waals surface area contributed by atoms with Crippen LogP contribution in [0.4, 0.5) is 0 Å². The molecular formula is C18H28N2O. The molecule has 2 atom stereocenters. The predicted octanol–water partition coefficient (Wildman–Crippen LogP) is 4.11. The lowest BCUT2D eigenvalue weighted by Gasteiger charge is -2.33. The van der Waals surface area contributed by atoms with E-state index >= 15 is 0 Å². The first-order valence-corrected chi connectivity index (χ1v) is 7.85. The van der Waals surface area contributed by atoms with Crippen molar-refractivity contribution in [3.8, 4) is 0 Å². The molecular weight excluding hydrogens is 260 g/mol. The summed E-state index contributed by atoms with van der Waals surface area (Å²) in [6.45, 7) is 9.45. The normalized spacial score (nSPS) is 15.0. The van der Waals surface area contributed by atoms with Gasteiger partial charge in [0.25, 0.3) is 0 Å². The number of hydrogen-bond acceptors (Lipinski definition) is 3. The summed E-state index contributed by atoms with van der Waals surface area (Å²) < 4.78 is 5.91. The van der Waals surface area contributed by atoms with Crippen molar-refractivity contribution in [2.45, 2.75) is 46.2 Å². The van der Waals surface area contributed by atoms with Crippen molar-refractivity contribution in [1.82, 2.24) is 4.90 Å². The molecule has 0 aliphatic carbocycles. The van der Waals surface area contributed by atoms with Gasteiger partial charge in [-0.05, 0) is 39.3 Å². The number of furan rings is 1. The fourth-order valence-electron chi connectivity index (χ4n) is 3.25. The Hall–Kier alpha value is -1.32. The number of nitrogens with zero attached hydrogens (tertiary/aromatic N) is 1. The number of benzene rings is 1. The van der Waals surface area contributed by atoms with Crippen LogP contribution < -0.4 is 5.73 Å². The highest BCUT2D eigenvalue weighted by Gasteiger charge is 2.26. The molecule has 116 valence electrons. The van der Waals surface area contributed by atoms with Gasteiger partial charge in [0.1, 0.15) is 11.3 Å². The molecule has 0 aliphatic heterocycles. The van der Waals surface area contributed by atoms with Crippen LogP contribution >= 0.6 is 0 Å². The molecule has 1 aromatic carbocycles. The predicted molar refractivity (Wildman–Crippen MR) is 89.4 cm³/mol. The Balaban J connectivity index is 2.37. The molecule has 0 aliphatic rings. The second kappa shape index (κ2) is 6.63. The van der Waals surface area contributed by atoms with E-state index in [2.05, 4.69) is 44.9 Å². The molecule has 2 N–H and O–H groups in total. The Morgan fingerprint density at radius 2 is 1.86 bits per heavy atom. The molecule has 3 heteroatoms. The van der Waals surface area contributed by atoms with Gasteiger partial charge in [-0.2, -0.15) is 0 Å². The number of likely N-dealkylation sites (N-methyl/N-ethyl adjacent to an activating group) is 1. The Morgan fingerprint density at radius 3 is 2.48 bits per heavy atom. The molecule has 0 bridgehead atoms. The van der Waals surface area contributed by atoms with Crippen LogP contribution in [-0.4, -0.2) is 24.5 Å². The van der Waals surface area contributed by atoms with Gasteiger partial charge in [-0.1, -0.05) is 32.0 Å². The standard InChI is InChI=1S/C18H28N2O/c1-12(2)10-13(3)20(5)16(11-19)18-14(4)21-17-9-7-6-8-15(17)18/h6-9,12-13,16H,10-11,19H2,1-5H3. The van der Waals surface area contributed by atoms with Crippen LogP contribution in [0.1, 0.15) is 44.6 Å². The van der Waals surface area contributed by atoms with Gasteiger partial charge in [-0.3, -0.25) is 4.90 Å². The Labute approximate surface area is 128 Å². The number of nitrogens with two attached hydrogens (primary N) is 1. The van der Waals surface area contributed by atoms with E-state index in [1.807, 2.05) is 19.1 Å². The zero-order valence-corrected chi connectivity index (χ0v) is 13.9. The van der Waals surface area contributed by atoms with E-state index in [-0.39, 0.29) is 6.04 Å². The summed E-state index contributed by atoms with van der Waals surface area (Å²) in [5.41, 5.74) is 8.30. The van der Waals surface area contributed by atoms with E-state index in [0.717, 1.165) is 11.3 Å². The smallest absolute Gasteiger partial charge is 0.134 e. The van der Waals surface area contributed by atoms with E-state index in [1.165, 1.54) is 17.4 Å². The molecule has 2 unspecified atom stereocenters. The molecule has 0 amide bonds. The lowest BCUT2D eigenvalue weighted by Crippen LogP contribution is -2.37. The molecule has 2 aromatic rings. The number of aryl methyl sites for hydroxylation is 1. The largest absolute Gasteiger partial charge is 0.461 e. The number of hydrogen-bond donors (Lipinski definition) is 1. The second-order valence-corrected chi connectivity index (χ2v) is 6.46. The van der Waals surface area contributed by atoms with Crippen LogP contribution in [0.2, 0.25) is 0 Å². The minimum Gasteiger partial charge on any atom is -0.461 e. The van der Waals surface area contributed by atoms with Crippen molar-refractivity contribution in [2.75, 3.05) is 13.6 Å². The van der Waals surface area contributed by atoms with E-state index in [4.69, 9.17) is 10.2 Å². The van der Waals surface area contributed by atoms with Gasteiger partial charge in [0.15, 0.2) is 0 Å². The summed E-state index contributed by atoms with van der Waals surface area (Å²) in [4.78, 5) is 2.39. The highest BCUT2D eigenvalue weighted by molar-refractivity contribution is 5.82. The third-order valence-corrected chi connectivity index (χ3v) is 4.38. The Bertz CT molecular complexity index is 588. The fraction of sp³-hybridized carbons (Fsp3) is 0.556. The summed E-state index contributed by atoms with van der Waals surface area (Å²) in [5.74, 6) is 1.67. The van der Waals surface area contributed by atoms with Gasteiger partial charge in [0, 0.05) is 23.5 Å². The van der Waals surface area contributed by atoms with Crippen molar-refractivity contribution in [2.24, 2.45) is 11.7 Å². The number of fused-ring (bicyclic) bond motifs is 1. The zero-order valence-electron chi connectivity index (χ0n) is 13.9. The van der Waals surface area contributed by atoms with Crippen molar-refractivity contribution in [3.63, 3.8) is 0 Å². The van der Waals surface area contributed by atoms with Crippen molar-refractivity contribution >= 4 is 11.0 Å². The first kappa shape index (κ1) is 16.1. The van der Waals surface area contributed by atoms with Gasteiger partial charge < -0.3 is 10.2 Å². The minimum absolute atomic E-state index is 0.197. The quantitative estimate of drug-likeness (QED) is 0.870. The van der Waals surface area contributed by atoms with Gasteiger partial charge in [0.2, 0.25) is 0 Å². The van der Waals surface area contributed by atoms with Crippen LogP contribution in [0.5, 0.6) is 0 Å². The lowest BCUT2D eigenvalue weighted by molar-refractivity contribution is 0.168. The average molecular weight is 288 g/mol. The van der Waals surface area contributed by atoms with Gasteiger partial charge in [0.05, 0.1) is 6.04 Å². The van der Waals surface area contributed by atoms with Crippen LogP contribution in [-0.2, 0) is 0 Å². The number of para-hydroxylation sites is 1. The molecule has 0 spiro atoms. The van der Waals surface area contributed by atoms with Crippen LogP contribution in [0.3, 0.4) is 0 Å². The Morgan fingerprint density at radius 1 is 1.19 bits per heavy atom. The third kappa shape index (κ3) is 3.30. The topological polar surface area (TPSA) is 42.4 Å². The molecule has 1 aromatic heterocycles. The summed E-state index contributed by atoms with van der Waals surface area (Å²) in [5, 5.41) is 1.19. The third-order valence-electron chi connectivity index (χ3n) is 4.38. The van der Waals surface area contributed by atoms with Crippen molar-refractivity contribution in [3.05, 3.63) is 35.6 Å². The summed E-state index contributed by atoms with van der Waals surface area (Å²) in [6.07, 6.45) is 1.17. The maximum atomic E-state index is 6.11. The summed E-state index contributed by atoms with van der Waals surface area (Å²) >= 11 is 0. The fourth-order valence-corrected chi connectivity index (χ4v) is 3.25. The molecule has 0 saturated heterocycles. The molecule has 0 saturated carbocycles. The maximum absolute atomic E-state index is 6.11. The highest BCUT2D eigenvalue weighted by Crippen LogP contribution is 2.33. The van der Waals surface area contributed by atoms with Crippen LogP contribution in [0, 0.1) is 12.8 Å². The zero-order chi connectivity index (χ0) is 15.6. The average Bonchev–Trinajstić information content (AvgIpc) is 2.75. The maximum Gasteiger partial charge on any atom is 0.134 e. The van der Waals surface area contributed by atoms with Crippen molar-refractivity contribution < 1.29 is 4.42 Å². The van der Waals surface area contributed by atoms with E-state index in [1.54, 1.807) is 0 Å². The molecule has 3 nitrogen and oxygen atoms in total. The minimum atomic E-state index is 0.197. The monoisotopic (exact) mass is 288 g/mol. The van der Waals surface area contributed by atoms with E-state index in [9.17, 15) is 0 Å². The Kier molecular flexibility index (Phi) is 5.07. The molecule has 21 heavy (non-hydrogen) atoms. The molecule has 1 heterocycles. The first-order valence-electron chi connectivity index (χ1n) is 7.85. The second-order valence-electron chi connectivity index (χ2n) is 6.46. The molecule has 2 rings (SSSR count). The SMILES string of the molecule is Cc1oc2ccccc2c1C(CN)N(C)C(C)CC(C)C. The van der Waals surface area contributed by atoms with Gasteiger partial charge in [-0.25, -0.2) is 0 Å². The van der Waals surface area contributed by atoms with Crippen LogP contribution in [0.25, 0.3) is 11.0 Å². The number of rotatable bonds is 6. The van der Waals surface area contributed by atoms with Crippen molar-refractivity contribution in [1.29, 1.82) is 0 Å². The summed E-state index contributed by atoms with van der Waals surface area (Å²) in [6, 6.07) is 8.92. The first-order chi connectivity index (χ1) is 9.95. The van der Waals surface area contributed by atoms with E-state index < -0.39 is 0 Å².